The van der Waals surface area contributed by atoms with Crippen molar-refractivity contribution >= 4 is 11.6 Å². The van der Waals surface area contributed by atoms with E-state index in [2.05, 4.69) is 4.98 Å². The van der Waals surface area contributed by atoms with Crippen molar-refractivity contribution in [2.45, 2.75) is 12.8 Å². The number of aliphatic hydroxyl groups excluding tert-OH is 1. The Kier molecular flexibility index (Phi) is 2.77. The molecule has 0 aliphatic rings. The largest absolute Gasteiger partial charge is 0.434 e. The first-order valence-electron chi connectivity index (χ1n) is 3.28. The molecule has 0 saturated heterocycles. The predicted molar refractivity (Wildman–Crippen MR) is 40.2 cm³/mol. The molecular weight excluding hydrogens is 207 g/mol. The molecule has 0 amide bonds. The van der Waals surface area contributed by atoms with Crippen molar-refractivity contribution < 1.29 is 18.3 Å². The first kappa shape index (κ1) is 10.3. The highest BCUT2D eigenvalue weighted by Crippen LogP contribution is 2.32. The van der Waals surface area contributed by atoms with Crippen molar-refractivity contribution in [3.63, 3.8) is 0 Å². The van der Waals surface area contributed by atoms with Gasteiger partial charge in [-0.25, -0.2) is 4.98 Å². The van der Waals surface area contributed by atoms with Gasteiger partial charge in [-0.05, 0) is 12.1 Å². The first-order valence-corrected chi connectivity index (χ1v) is 3.66. The van der Waals surface area contributed by atoms with Crippen LogP contribution in [-0.4, -0.2) is 10.1 Å². The smallest absolute Gasteiger partial charge is 0.390 e. The van der Waals surface area contributed by atoms with Crippen LogP contribution >= 0.6 is 11.6 Å². The van der Waals surface area contributed by atoms with E-state index in [1.165, 1.54) is 6.07 Å². The monoisotopic (exact) mass is 211 g/mol. The standard InChI is InChI=1S/C7H5ClF3NO/c8-5-2-1-4(3-13)12-6(5)7(9,10)11/h1-2,13H,3H2. The van der Waals surface area contributed by atoms with Gasteiger partial charge in [-0.3, -0.25) is 0 Å². The molecular formula is C7H5ClF3NO. The molecule has 0 bridgehead atoms. The zero-order valence-corrected chi connectivity index (χ0v) is 7.02. The minimum Gasteiger partial charge on any atom is -0.390 e. The average Bonchev–Trinajstić information content (AvgIpc) is 2.03. The maximum absolute atomic E-state index is 12.1. The molecule has 1 aromatic heterocycles. The quantitative estimate of drug-likeness (QED) is 0.773. The van der Waals surface area contributed by atoms with Crippen molar-refractivity contribution in [3.05, 3.63) is 28.5 Å². The van der Waals surface area contributed by atoms with Crippen LogP contribution in [0.4, 0.5) is 13.2 Å². The molecule has 1 heterocycles. The molecule has 1 rings (SSSR count). The topological polar surface area (TPSA) is 33.1 Å². The van der Waals surface area contributed by atoms with Gasteiger partial charge in [0.15, 0.2) is 5.69 Å². The maximum atomic E-state index is 12.1. The Morgan fingerprint density at radius 2 is 2.00 bits per heavy atom. The van der Waals surface area contributed by atoms with E-state index in [9.17, 15) is 13.2 Å². The van der Waals surface area contributed by atoms with Gasteiger partial charge in [0.05, 0.1) is 17.3 Å². The van der Waals surface area contributed by atoms with Crippen LogP contribution in [0.2, 0.25) is 5.02 Å². The van der Waals surface area contributed by atoms with Crippen molar-refractivity contribution in [3.8, 4) is 0 Å². The van der Waals surface area contributed by atoms with Gasteiger partial charge in [0.25, 0.3) is 0 Å². The van der Waals surface area contributed by atoms with Gasteiger partial charge in [0.1, 0.15) is 0 Å². The molecule has 0 atom stereocenters. The number of nitrogens with zero attached hydrogens (tertiary/aromatic N) is 1. The Labute approximate surface area is 77.0 Å². The van der Waals surface area contributed by atoms with Gasteiger partial charge in [0, 0.05) is 0 Å². The van der Waals surface area contributed by atoms with Crippen molar-refractivity contribution in [1.82, 2.24) is 4.98 Å². The number of rotatable bonds is 1. The molecule has 1 N–H and O–H groups in total. The highest BCUT2D eigenvalue weighted by atomic mass is 35.5. The molecule has 0 radical (unpaired) electrons. The predicted octanol–water partition coefficient (Wildman–Crippen LogP) is 2.25. The summed E-state index contributed by atoms with van der Waals surface area (Å²) in [5.41, 5.74) is -1.22. The second-order valence-corrected chi connectivity index (χ2v) is 2.70. The van der Waals surface area contributed by atoms with Gasteiger partial charge in [0.2, 0.25) is 0 Å². The Bertz CT molecular complexity index is 313. The Balaban J connectivity index is 3.19. The van der Waals surface area contributed by atoms with Gasteiger partial charge >= 0.3 is 6.18 Å². The summed E-state index contributed by atoms with van der Waals surface area (Å²) in [4.78, 5) is 3.16. The van der Waals surface area contributed by atoms with Crippen LogP contribution in [-0.2, 0) is 12.8 Å². The average molecular weight is 212 g/mol. The minimum atomic E-state index is -4.58. The van der Waals surface area contributed by atoms with Crippen LogP contribution in [0.25, 0.3) is 0 Å². The summed E-state index contributed by atoms with van der Waals surface area (Å²) in [6.07, 6.45) is -4.58. The van der Waals surface area contributed by atoms with Crippen LogP contribution in [0.1, 0.15) is 11.4 Å². The summed E-state index contributed by atoms with van der Waals surface area (Å²) in [6.45, 7) is -0.541. The summed E-state index contributed by atoms with van der Waals surface area (Å²) in [5.74, 6) is 0. The van der Waals surface area contributed by atoms with Gasteiger partial charge in [-0.15, -0.1) is 0 Å². The lowest BCUT2D eigenvalue weighted by Crippen LogP contribution is -2.10. The van der Waals surface area contributed by atoms with E-state index < -0.39 is 23.5 Å². The van der Waals surface area contributed by atoms with Gasteiger partial charge < -0.3 is 5.11 Å². The number of halogens is 4. The normalized spacial score (nSPS) is 11.8. The summed E-state index contributed by atoms with van der Waals surface area (Å²) in [5, 5.41) is 8.08. The van der Waals surface area contributed by atoms with Crippen molar-refractivity contribution in [2.75, 3.05) is 0 Å². The second kappa shape index (κ2) is 3.51. The number of aliphatic hydroxyl groups is 1. The third-order valence-electron chi connectivity index (χ3n) is 1.33. The van der Waals surface area contributed by atoms with E-state index >= 15 is 0 Å². The van der Waals surface area contributed by atoms with Gasteiger partial charge in [-0.2, -0.15) is 13.2 Å². The van der Waals surface area contributed by atoms with E-state index in [4.69, 9.17) is 16.7 Å². The van der Waals surface area contributed by atoms with Crippen molar-refractivity contribution in [1.29, 1.82) is 0 Å². The van der Waals surface area contributed by atoms with Crippen LogP contribution in [0.15, 0.2) is 12.1 Å². The van der Waals surface area contributed by atoms with Crippen LogP contribution in [0, 0.1) is 0 Å². The molecule has 0 saturated carbocycles. The van der Waals surface area contributed by atoms with E-state index in [0.29, 0.717) is 0 Å². The number of alkyl halides is 3. The van der Waals surface area contributed by atoms with Crippen LogP contribution in [0.5, 0.6) is 0 Å². The third kappa shape index (κ3) is 2.32. The lowest BCUT2D eigenvalue weighted by molar-refractivity contribution is -0.141. The zero-order valence-electron chi connectivity index (χ0n) is 6.27. The summed E-state index contributed by atoms with van der Waals surface area (Å²) < 4.78 is 36.4. The fraction of sp³-hybridized carbons (Fsp3) is 0.286. The summed E-state index contributed by atoms with van der Waals surface area (Å²) in [6, 6.07) is 2.29. The van der Waals surface area contributed by atoms with E-state index in [1.54, 1.807) is 0 Å². The fourth-order valence-electron chi connectivity index (χ4n) is 0.769. The van der Waals surface area contributed by atoms with E-state index in [1.807, 2.05) is 0 Å². The first-order chi connectivity index (χ1) is 5.95. The maximum Gasteiger partial charge on any atom is 0.434 e. The number of aromatic nitrogens is 1. The molecule has 0 unspecified atom stereocenters. The Morgan fingerprint density at radius 3 is 2.46 bits per heavy atom. The molecule has 0 aliphatic heterocycles. The summed E-state index contributed by atoms with van der Waals surface area (Å²) >= 11 is 5.27. The highest BCUT2D eigenvalue weighted by molar-refractivity contribution is 6.31. The zero-order chi connectivity index (χ0) is 10.1. The number of hydrogen-bond acceptors (Lipinski definition) is 2. The molecule has 0 aromatic carbocycles. The van der Waals surface area contributed by atoms with Crippen LogP contribution < -0.4 is 0 Å². The highest BCUT2D eigenvalue weighted by Gasteiger charge is 2.35. The summed E-state index contributed by atoms with van der Waals surface area (Å²) in [7, 11) is 0. The molecule has 72 valence electrons. The molecule has 0 aliphatic carbocycles. The van der Waals surface area contributed by atoms with E-state index in [-0.39, 0.29) is 5.69 Å². The molecule has 2 nitrogen and oxygen atoms in total. The molecule has 0 fully saturated rings. The number of pyridine rings is 1. The molecule has 13 heavy (non-hydrogen) atoms. The lowest BCUT2D eigenvalue weighted by atomic mass is 10.3. The Morgan fingerprint density at radius 1 is 1.38 bits per heavy atom. The SMILES string of the molecule is OCc1ccc(Cl)c(C(F)(F)F)n1. The Hall–Kier alpha value is -0.810. The lowest BCUT2D eigenvalue weighted by Gasteiger charge is -2.08. The molecule has 0 spiro atoms. The molecule has 1 aromatic rings. The van der Waals surface area contributed by atoms with Crippen LogP contribution in [0.3, 0.4) is 0 Å². The van der Waals surface area contributed by atoms with Gasteiger partial charge in [-0.1, -0.05) is 11.6 Å². The number of hydrogen-bond donors (Lipinski definition) is 1. The second-order valence-electron chi connectivity index (χ2n) is 2.29. The van der Waals surface area contributed by atoms with E-state index in [0.717, 1.165) is 6.07 Å². The molecule has 6 heteroatoms. The fourth-order valence-corrected chi connectivity index (χ4v) is 0.982. The van der Waals surface area contributed by atoms with Crippen molar-refractivity contribution in [2.24, 2.45) is 0 Å². The third-order valence-corrected chi connectivity index (χ3v) is 1.64. The minimum absolute atomic E-state index is 0.0586.